The molecule has 1 unspecified atom stereocenters. The van der Waals surface area contributed by atoms with E-state index >= 15 is 0 Å². The number of rotatable bonds is 13. The van der Waals surface area contributed by atoms with Gasteiger partial charge in [0.25, 0.3) is 0 Å². The van der Waals surface area contributed by atoms with Crippen LogP contribution in [0, 0.1) is 0 Å². The van der Waals surface area contributed by atoms with E-state index in [9.17, 15) is 0 Å². The molecule has 0 aliphatic carbocycles. The van der Waals surface area contributed by atoms with E-state index < -0.39 is 0 Å². The number of hydrogen-bond acceptors (Lipinski definition) is 3. The third-order valence-corrected chi connectivity index (χ3v) is 5.66. The SMILES string of the molecule is C=CCc1ccc(-c2ccc3nc(C=CCCCC(C)OCCCCC)ncc3c2)cc1. The molecular formula is C29H36N2O. The minimum absolute atomic E-state index is 0.338. The van der Waals surface area contributed by atoms with Crippen LogP contribution < -0.4 is 0 Å². The van der Waals surface area contributed by atoms with E-state index in [0.717, 1.165) is 49.0 Å². The highest BCUT2D eigenvalue weighted by atomic mass is 16.5. The number of aromatic nitrogens is 2. The molecule has 0 fully saturated rings. The monoisotopic (exact) mass is 428 g/mol. The first-order valence-electron chi connectivity index (χ1n) is 11.9. The molecule has 3 nitrogen and oxygen atoms in total. The lowest BCUT2D eigenvalue weighted by atomic mass is 10.0. The molecule has 3 rings (SSSR count). The molecular weight excluding hydrogens is 392 g/mol. The molecule has 0 N–H and O–H groups in total. The Morgan fingerprint density at radius 2 is 1.84 bits per heavy atom. The van der Waals surface area contributed by atoms with Crippen molar-refractivity contribution in [2.75, 3.05) is 6.61 Å². The maximum absolute atomic E-state index is 5.86. The first kappa shape index (κ1) is 23.9. The number of nitrogens with zero attached hydrogens (tertiary/aromatic N) is 2. The normalized spacial score (nSPS) is 12.4. The topological polar surface area (TPSA) is 35.0 Å². The summed E-state index contributed by atoms with van der Waals surface area (Å²) >= 11 is 0. The second kappa shape index (κ2) is 12.9. The Labute approximate surface area is 193 Å². The molecule has 32 heavy (non-hydrogen) atoms. The maximum atomic E-state index is 5.86. The van der Waals surface area contributed by atoms with Crippen molar-refractivity contribution >= 4 is 17.0 Å². The van der Waals surface area contributed by atoms with Crippen molar-refractivity contribution in [2.24, 2.45) is 0 Å². The Morgan fingerprint density at radius 3 is 2.62 bits per heavy atom. The minimum atomic E-state index is 0.338. The summed E-state index contributed by atoms with van der Waals surface area (Å²) in [4.78, 5) is 9.24. The molecule has 168 valence electrons. The summed E-state index contributed by atoms with van der Waals surface area (Å²) in [5.74, 6) is 0.767. The van der Waals surface area contributed by atoms with Crippen LogP contribution in [0.5, 0.6) is 0 Å². The molecule has 1 aromatic heterocycles. The number of ether oxygens (including phenoxy) is 1. The van der Waals surface area contributed by atoms with Crippen molar-refractivity contribution in [1.29, 1.82) is 0 Å². The Hall–Kier alpha value is -2.78. The molecule has 0 spiro atoms. The van der Waals surface area contributed by atoms with Crippen LogP contribution in [0.1, 0.15) is 63.8 Å². The molecule has 0 saturated carbocycles. The van der Waals surface area contributed by atoms with Gasteiger partial charge in [0.2, 0.25) is 0 Å². The summed E-state index contributed by atoms with van der Waals surface area (Å²) in [6.07, 6.45) is 16.2. The lowest BCUT2D eigenvalue weighted by Crippen LogP contribution is -2.08. The zero-order chi connectivity index (χ0) is 22.6. The quantitative estimate of drug-likeness (QED) is 0.206. The summed E-state index contributed by atoms with van der Waals surface area (Å²) in [6, 6.07) is 15.0. The average molecular weight is 429 g/mol. The van der Waals surface area contributed by atoms with Crippen LogP contribution >= 0.6 is 0 Å². The zero-order valence-corrected chi connectivity index (χ0v) is 19.6. The van der Waals surface area contributed by atoms with Crippen LogP contribution in [-0.4, -0.2) is 22.7 Å². The van der Waals surface area contributed by atoms with E-state index in [1.807, 2.05) is 18.3 Å². The highest BCUT2D eigenvalue weighted by Crippen LogP contribution is 2.24. The fourth-order valence-corrected chi connectivity index (χ4v) is 3.74. The van der Waals surface area contributed by atoms with Crippen LogP contribution in [-0.2, 0) is 11.2 Å². The molecule has 2 aromatic carbocycles. The second-order valence-electron chi connectivity index (χ2n) is 8.41. The number of allylic oxidation sites excluding steroid dienone is 2. The van der Waals surface area contributed by atoms with E-state index in [4.69, 9.17) is 9.72 Å². The lowest BCUT2D eigenvalue weighted by molar-refractivity contribution is 0.0566. The van der Waals surface area contributed by atoms with Crippen molar-refractivity contribution in [1.82, 2.24) is 9.97 Å². The lowest BCUT2D eigenvalue weighted by Gasteiger charge is -2.11. The number of fused-ring (bicyclic) bond motifs is 1. The van der Waals surface area contributed by atoms with Gasteiger partial charge in [0.15, 0.2) is 5.82 Å². The Morgan fingerprint density at radius 1 is 1.03 bits per heavy atom. The molecule has 0 amide bonds. The predicted octanol–water partition coefficient (Wildman–Crippen LogP) is 7.80. The van der Waals surface area contributed by atoms with Crippen molar-refractivity contribution < 1.29 is 4.74 Å². The molecule has 0 bridgehead atoms. The van der Waals surface area contributed by atoms with Crippen LogP contribution in [0.15, 0.2) is 67.4 Å². The number of benzene rings is 2. The minimum Gasteiger partial charge on any atom is -0.379 e. The molecule has 3 heteroatoms. The number of hydrogen-bond donors (Lipinski definition) is 0. The van der Waals surface area contributed by atoms with Crippen molar-refractivity contribution in [2.45, 2.75) is 64.9 Å². The summed E-state index contributed by atoms with van der Waals surface area (Å²) in [7, 11) is 0. The molecule has 1 heterocycles. The van der Waals surface area contributed by atoms with E-state index in [0.29, 0.717) is 6.10 Å². The van der Waals surface area contributed by atoms with E-state index in [1.165, 1.54) is 36.0 Å². The smallest absolute Gasteiger partial charge is 0.152 e. The standard InChI is InChI=1S/C29H36N2O/c1-4-6-10-20-32-23(3)12-8-7-9-13-29-30-22-27-21-26(18-19-28(27)31-29)25-16-14-24(11-5-2)15-17-25/h5,9,13-19,21-23H,2,4,6-8,10-12,20H2,1,3H3. The molecule has 0 saturated heterocycles. The van der Waals surface area contributed by atoms with Crippen molar-refractivity contribution in [3.8, 4) is 11.1 Å². The summed E-state index contributed by atoms with van der Waals surface area (Å²) in [5, 5.41) is 1.06. The third-order valence-electron chi connectivity index (χ3n) is 5.66. The Kier molecular flexibility index (Phi) is 9.64. The van der Waals surface area contributed by atoms with Gasteiger partial charge in [-0.05, 0) is 73.9 Å². The second-order valence-corrected chi connectivity index (χ2v) is 8.41. The largest absolute Gasteiger partial charge is 0.379 e. The molecule has 0 aliphatic rings. The third kappa shape index (κ3) is 7.42. The van der Waals surface area contributed by atoms with Crippen LogP contribution in [0.3, 0.4) is 0 Å². The van der Waals surface area contributed by atoms with Crippen molar-refractivity contribution in [3.05, 3.63) is 78.8 Å². The Balaban J connectivity index is 1.52. The van der Waals surface area contributed by atoms with Crippen LogP contribution in [0.2, 0.25) is 0 Å². The van der Waals surface area contributed by atoms with Gasteiger partial charge in [0, 0.05) is 18.2 Å². The van der Waals surface area contributed by atoms with Gasteiger partial charge < -0.3 is 4.74 Å². The van der Waals surface area contributed by atoms with E-state index in [2.05, 4.69) is 74.0 Å². The molecule has 0 aliphatic heterocycles. The number of unbranched alkanes of at least 4 members (excludes halogenated alkanes) is 3. The van der Waals surface area contributed by atoms with Gasteiger partial charge >= 0.3 is 0 Å². The van der Waals surface area contributed by atoms with Crippen molar-refractivity contribution in [3.63, 3.8) is 0 Å². The first-order chi connectivity index (χ1) is 15.7. The van der Waals surface area contributed by atoms with Crippen LogP contribution in [0.25, 0.3) is 28.1 Å². The fourth-order valence-electron chi connectivity index (χ4n) is 3.74. The summed E-state index contributed by atoms with van der Waals surface area (Å²) in [5.41, 5.74) is 4.63. The Bertz CT molecular complexity index is 1010. The average Bonchev–Trinajstić information content (AvgIpc) is 2.82. The first-order valence-corrected chi connectivity index (χ1v) is 11.9. The summed E-state index contributed by atoms with van der Waals surface area (Å²) in [6.45, 7) is 9.08. The molecule has 0 radical (unpaired) electrons. The predicted molar refractivity (Wildman–Crippen MR) is 137 cm³/mol. The van der Waals surface area contributed by atoms with Gasteiger partial charge in [-0.1, -0.05) is 62.2 Å². The molecule has 3 aromatic rings. The van der Waals surface area contributed by atoms with Gasteiger partial charge in [-0.25, -0.2) is 9.97 Å². The highest BCUT2D eigenvalue weighted by Gasteiger charge is 2.03. The van der Waals surface area contributed by atoms with Gasteiger partial charge in [-0.2, -0.15) is 0 Å². The summed E-state index contributed by atoms with van der Waals surface area (Å²) < 4.78 is 5.86. The van der Waals surface area contributed by atoms with Crippen LogP contribution in [0.4, 0.5) is 0 Å². The maximum Gasteiger partial charge on any atom is 0.152 e. The van der Waals surface area contributed by atoms with Gasteiger partial charge in [-0.15, -0.1) is 6.58 Å². The van der Waals surface area contributed by atoms with E-state index in [1.54, 1.807) is 0 Å². The zero-order valence-electron chi connectivity index (χ0n) is 19.6. The van der Waals surface area contributed by atoms with Gasteiger partial charge in [0.05, 0.1) is 11.6 Å². The van der Waals surface area contributed by atoms with Gasteiger partial charge in [0.1, 0.15) is 0 Å². The van der Waals surface area contributed by atoms with E-state index in [-0.39, 0.29) is 0 Å². The highest BCUT2D eigenvalue weighted by molar-refractivity contribution is 5.84. The van der Waals surface area contributed by atoms with Gasteiger partial charge in [-0.3, -0.25) is 0 Å². The molecule has 1 atom stereocenters. The fraction of sp³-hybridized carbons (Fsp3) is 0.379.